The second-order valence-electron chi connectivity index (χ2n) is 9.14. The predicted octanol–water partition coefficient (Wildman–Crippen LogP) is 3.71. The average Bonchev–Trinajstić information content (AvgIpc) is 2.99. The molecule has 8 fully saturated rings. The summed E-state index contributed by atoms with van der Waals surface area (Å²) in [5, 5.41) is 0. The second-order valence-corrected chi connectivity index (χ2v) is 9.14. The summed E-state index contributed by atoms with van der Waals surface area (Å²) in [5.41, 5.74) is 1.92. The van der Waals surface area contributed by atoms with Crippen molar-refractivity contribution in [3.63, 3.8) is 0 Å². The number of rotatable bonds is 0. The van der Waals surface area contributed by atoms with E-state index in [1.54, 1.807) is 44.9 Å². The maximum atomic E-state index is 1.73. The molecule has 0 radical (unpaired) electrons. The van der Waals surface area contributed by atoms with E-state index >= 15 is 0 Å². The van der Waals surface area contributed by atoms with Crippen LogP contribution in [0.1, 0.15) is 44.9 Å². The Hall–Kier alpha value is 0. The molecule has 9 bridgehead atoms. The highest BCUT2D eigenvalue weighted by atomic mass is 14.9. The van der Waals surface area contributed by atoms with E-state index in [0.717, 1.165) is 10.8 Å². The van der Waals surface area contributed by atoms with Gasteiger partial charge in [0.15, 0.2) is 0 Å². The molecule has 17 heavy (non-hydrogen) atoms. The van der Waals surface area contributed by atoms with Crippen molar-refractivity contribution in [1.82, 2.24) is 0 Å². The third kappa shape index (κ3) is 0.502. The lowest BCUT2D eigenvalue weighted by atomic mass is 9.38. The van der Waals surface area contributed by atoms with Crippen molar-refractivity contribution in [3.8, 4) is 0 Å². The first-order valence-corrected chi connectivity index (χ1v) is 8.34. The van der Waals surface area contributed by atoms with Gasteiger partial charge in [0.2, 0.25) is 0 Å². The van der Waals surface area contributed by atoms with Crippen molar-refractivity contribution < 1.29 is 0 Å². The van der Waals surface area contributed by atoms with E-state index in [4.69, 9.17) is 0 Å². The SMILES string of the molecule is C1C2CC3C1C1CC34C3CC5CC3CC1C54C2. The van der Waals surface area contributed by atoms with E-state index in [0.29, 0.717) is 0 Å². The molecule has 0 N–H and O–H groups in total. The van der Waals surface area contributed by atoms with Gasteiger partial charge in [0.1, 0.15) is 0 Å². The zero-order valence-corrected chi connectivity index (χ0v) is 10.6. The van der Waals surface area contributed by atoms with E-state index in [9.17, 15) is 0 Å². The summed E-state index contributed by atoms with van der Waals surface area (Å²) >= 11 is 0. The van der Waals surface area contributed by atoms with Crippen molar-refractivity contribution in [3.05, 3.63) is 0 Å². The Labute approximate surface area is 104 Å². The summed E-state index contributed by atoms with van der Waals surface area (Å²) in [6.07, 6.45) is 11.9. The van der Waals surface area contributed by atoms with Crippen LogP contribution in [0.4, 0.5) is 0 Å². The molecule has 0 aromatic heterocycles. The van der Waals surface area contributed by atoms with E-state index in [-0.39, 0.29) is 0 Å². The molecule has 0 aromatic rings. The van der Waals surface area contributed by atoms with Crippen LogP contribution < -0.4 is 0 Å². The fraction of sp³-hybridized carbons (Fsp3) is 1.00. The standard InChI is InChI=1S/C17H22/c1-8-2-14-11(1)12-7-17(14)13-5-10-3-9(13)4-15(12)16(10,17)6-8/h8-15H,1-7H2. The number of hydrogen-bond acceptors (Lipinski definition) is 0. The van der Waals surface area contributed by atoms with Crippen LogP contribution in [0.5, 0.6) is 0 Å². The lowest BCUT2D eigenvalue weighted by molar-refractivity contribution is -0.182. The minimum Gasteiger partial charge on any atom is -0.0470 e. The van der Waals surface area contributed by atoms with Crippen LogP contribution in [0.2, 0.25) is 0 Å². The fourth-order valence-electron chi connectivity index (χ4n) is 10.4. The first-order valence-electron chi connectivity index (χ1n) is 8.34. The van der Waals surface area contributed by atoms with Crippen LogP contribution in [-0.4, -0.2) is 0 Å². The van der Waals surface area contributed by atoms with E-state index in [1.165, 1.54) is 47.3 Å². The topological polar surface area (TPSA) is 0 Å². The third-order valence-electron chi connectivity index (χ3n) is 9.81. The molecule has 8 saturated carbocycles. The first-order chi connectivity index (χ1) is 8.34. The molecule has 0 heteroatoms. The molecular weight excluding hydrogens is 204 g/mol. The summed E-state index contributed by atoms with van der Waals surface area (Å²) in [5.74, 6) is 9.85. The van der Waals surface area contributed by atoms with Crippen LogP contribution in [0.3, 0.4) is 0 Å². The Morgan fingerprint density at radius 2 is 1.59 bits per heavy atom. The molecule has 0 aromatic carbocycles. The van der Waals surface area contributed by atoms with Gasteiger partial charge in [-0.15, -0.1) is 0 Å². The molecule has 0 amide bonds. The quantitative estimate of drug-likeness (QED) is 0.590. The van der Waals surface area contributed by atoms with E-state index in [2.05, 4.69) is 0 Å². The first kappa shape index (κ1) is 8.23. The summed E-state index contributed by atoms with van der Waals surface area (Å²) in [7, 11) is 0. The Morgan fingerprint density at radius 1 is 0.647 bits per heavy atom. The number of fused-ring (bicyclic) bond motifs is 3. The molecule has 0 heterocycles. The van der Waals surface area contributed by atoms with Gasteiger partial charge in [0, 0.05) is 0 Å². The molecule has 2 spiro atoms. The summed E-state index contributed by atoms with van der Waals surface area (Å²) in [4.78, 5) is 0. The minimum absolute atomic E-state index is 0.956. The fourth-order valence-corrected chi connectivity index (χ4v) is 10.4. The van der Waals surface area contributed by atoms with Gasteiger partial charge in [-0.1, -0.05) is 0 Å². The Bertz CT molecular complexity index is 463. The zero-order valence-electron chi connectivity index (χ0n) is 10.6. The lowest BCUT2D eigenvalue weighted by Crippen LogP contribution is -2.60. The van der Waals surface area contributed by atoms with Gasteiger partial charge >= 0.3 is 0 Å². The van der Waals surface area contributed by atoms with Gasteiger partial charge < -0.3 is 0 Å². The molecule has 0 saturated heterocycles. The maximum Gasteiger partial charge on any atom is -0.0170 e. The monoisotopic (exact) mass is 226 g/mol. The maximum absolute atomic E-state index is 1.73. The second kappa shape index (κ2) is 1.95. The van der Waals surface area contributed by atoms with E-state index in [1.807, 2.05) is 0 Å². The number of hydrogen-bond donors (Lipinski definition) is 0. The summed E-state index contributed by atoms with van der Waals surface area (Å²) < 4.78 is 0. The minimum atomic E-state index is 0.956. The molecular formula is C17H22. The van der Waals surface area contributed by atoms with Gasteiger partial charge in [0.25, 0.3) is 0 Å². The smallest absolute Gasteiger partial charge is 0.0170 e. The molecule has 90 valence electrons. The lowest BCUT2D eigenvalue weighted by Gasteiger charge is -2.66. The highest BCUT2D eigenvalue weighted by Crippen LogP contribution is 2.94. The van der Waals surface area contributed by atoms with Crippen molar-refractivity contribution in [2.75, 3.05) is 0 Å². The van der Waals surface area contributed by atoms with Crippen molar-refractivity contribution in [1.29, 1.82) is 0 Å². The van der Waals surface area contributed by atoms with Gasteiger partial charge in [0.05, 0.1) is 0 Å². The highest BCUT2D eigenvalue weighted by Gasteiger charge is 2.87. The molecule has 8 aliphatic rings. The molecule has 0 aliphatic heterocycles. The Balaban J connectivity index is 1.65. The average molecular weight is 226 g/mol. The molecule has 8 aliphatic carbocycles. The van der Waals surface area contributed by atoms with Crippen LogP contribution in [0.25, 0.3) is 0 Å². The highest BCUT2D eigenvalue weighted by molar-refractivity contribution is 5.35. The normalized spacial score (nSPS) is 83.3. The van der Waals surface area contributed by atoms with Crippen molar-refractivity contribution >= 4 is 0 Å². The predicted molar refractivity (Wildman–Crippen MR) is 65.1 cm³/mol. The molecule has 10 atom stereocenters. The van der Waals surface area contributed by atoms with Crippen molar-refractivity contribution in [2.24, 2.45) is 58.2 Å². The summed E-state index contributed by atoms with van der Waals surface area (Å²) in [6.45, 7) is 0. The molecule has 0 nitrogen and oxygen atoms in total. The zero-order chi connectivity index (χ0) is 10.6. The van der Waals surface area contributed by atoms with Crippen LogP contribution in [0, 0.1) is 58.2 Å². The van der Waals surface area contributed by atoms with E-state index < -0.39 is 0 Å². The third-order valence-corrected chi connectivity index (χ3v) is 9.81. The Morgan fingerprint density at radius 3 is 2.59 bits per heavy atom. The van der Waals surface area contributed by atoms with Crippen LogP contribution in [-0.2, 0) is 0 Å². The van der Waals surface area contributed by atoms with Gasteiger partial charge in [-0.25, -0.2) is 0 Å². The summed E-state index contributed by atoms with van der Waals surface area (Å²) in [6, 6.07) is 0. The van der Waals surface area contributed by atoms with Gasteiger partial charge in [-0.3, -0.25) is 0 Å². The molecule has 8 rings (SSSR count). The van der Waals surface area contributed by atoms with Crippen LogP contribution >= 0.6 is 0 Å². The molecule has 10 unspecified atom stereocenters. The van der Waals surface area contributed by atoms with Crippen LogP contribution in [0.15, 0.2) is 0 Å². The largest absolute Gasteiger partial charge is 0.0470 e. The van der Waals surface area contributed by atoms with Gasteiger partial charge in [-0.2, -0.15) is 0 Å². The van der Waals surface area contributed by atoms with Gasteiger partial charge in [-0.05, 0) is 103 Å². The van der Waals surface area contributed by atoms with Crippen molar-refractivity contribution in [2.45, 2.75) is 44.9 Å². The Kier molecular flexibility index (Phi) is 0.942.